The third-order valence-corrected chi connectivity index (χ3v) is 3.54. The van der Waals surface area contributed by atoms with E-state index in [1.807, 2.05) is 13.2 Å². The van der Waals surface area contributed by atoms with Crippen molar-refractivity contribution < 1.29 is 0 Å². The first-order valence-electron chi connectivity index (χ1n) is 6.95. The summed E-state index contributed by atoms with van der Waals surface area (Å²) in [6.45, 7) is 5.43. The third-order valence-electron chi connectivity index (χ3n) is 3.54. The van der Waals surface area contributed by atoms with Crippen LogP contribution in [0.5, 0.6) is 0 Å². The molecule has 1 fully saturated rings. The summed E-state index contributed by atoms with van der Waals surface area (Å²) >= 11 is 0. The van der Waals surface area contributed by atoms with Crippen molar-refractivity contribution in [3.8, 4) is 0 Å². The van der Waals surface area contributed by atoms with Gasteiger partial charge in [-0.2, -0.15) is 0 Å². The molecule has 0 amide bonds. The smallest absolute Gasteiger partial charge is 0.127 e. The minimum atomic E-state index is 0.620. The molecule has 1 atom stereocenters. The lowest BCUT2D eigenvalue weighted by molar-refractivity contribution is 0.617. The molecule has 2 rings (SSSR count). The fourth-order valence-corrected chi connectivity index (χ4v) is 2.34. The zero-order chi connectivity index (χ0) is 12.8. The summed E-state index contributed by atoms with van der Waals surface area (Å²) in [5.41, 5.74) is 1.28. The largest absolute Gasteiger partial charge is 0.370 e. The maximum atomic E-state index is 4.37. The molecule has 2 heterocycles. The number of pyridine rings is 1. The van der Waals surface area contributed by atoms with E-state index in [-0.39, 0.29) is 0 Å². The molecule has 1 aromatic heterocycles. The number of unbranched alkanes of at least 4 members (excludes halogenated alkanes) is 1. The van der Waals surface area contributed by atoms with Crippen LogP contribution in [0.15, 0.2) is 18.3 Å². The molecule has 1 aromatic rings. The number of nitrogens with zero attached hydrogens (tertiary/aromatic N) is 2. The summed E-state index contributed by atoms with van der Waals surface area (Å²) in [6, 6.07) is 4.88. The second-order valence-electron chi connectivity index (χ2n) is 4.90. The van der Waals surface area contributed by atoms with E-state index in [4.69, 9.17) is 0 Å². The summed E-state index contributed by atoms with van der Waals surface area (Å²) in [5.74, 6) is 0.994. The highest BCUT2D eigenvalue weighted by atomic mass is 15.2. The van der Waals surface area contributed by atoms with Crippen molar-refractivity contribution in [2.45, 2.75) is 32.2 Å². The predicted octanol–water partition coefficient (Wildman–Crippen LogP) is 2.09. The number of anilines is 2. The maximum absolute atomic E-state index is 4.37. The number of aromatic nitrogens is 1. The van der Waals surface area contributed by atoms with Gasteiger partial charge in [-0.3, -0.25) is 0 Å². The molecule has 0 radical (unpaired) electrons. The van der Waals surface area contributed by atoms with E-state index in [0.29, 0.717) is 6.04 Å². The van der Waals surface area contributed by atoms with Gasteiger partial charge in [0.15, 0.2) is 0 Å². The van der Waals surface area contributed by atoms with Gasteiger partial charge in [0.1, 0.15) is 5.82 Å². The van der Waals surface area contributed by atoms with Gasteiger partial charge in [0.25, 0.3) is 0 Å². The molecular weight excluding hydrogens is 224 g/mol. The van der Waals surface area contributed by atoms with Gasteiger partial charge in [-0.15, -0.1) is 0 Å². The van der Waals surface area contributed by atoms with Crippen LogP contribution < -0.4 is 15.5 Å². The van der Waals surface area contributed by atoms with Crippen LogP contribution in [0.25, 0.3) is 0 Å². The van der Waals surface area contributed by atoms with Gasteiger partial charge in [0.05, 0.1) is 0 Å². The normalized spacial score (nSPS) is 19.2. The summed E-state index contributed by atoms with van der Waals surface area (Å²) in [6.07, 6.45) is 5.52. The fourth-order valence-electron chi connectivity index (χ4n) is 2.34. The summed E-state index contributed by atoms with van der Waals surface area (Å²) < 4.78 is 0. The predicted molar refractivity (Wildman–Crippen MR) is 77.3 cm³/mol. The van der Waals surface area contributed by atoms with Crippen LogP contribution in [-0.2, 0) is 0 Å². The molecule has 18 heavy (non-hydrogen) atoms. The van der Waals surface area contributed by atoms with E-state index in [0.717, 1.165) is 25.5 Å². The SMILES string of the molecule is CCCCNc1cc(N2CC[C@H](NC)C2)ccn1. The van der Waals surface area contributed by atoms with Crippen molar-refractivity contribution in [2.24, 2.45) is 0 Å². The molecule has 1 saturated heterocycles. The Kier molecular flexibility index (Phi) is 4.81. The topological polar surface area (TPSA) is 40.2 Å². The molecule has 100 valence electrons. The van der Waals surface area contributed by atoms with Crippen molar-refractivity contribution in [1.29, 1.82) is 0 Å². The lowest BCUT2D eigenvalue weighted by atomic mass is 10.3. The zero-order valence-electron chi connectivity index (χ0n) is 11.4. The summed E-state index contributed by atoms with van der Waals surface area (Å²) in [7, 11) is 2.04. The van der Waals surface area contributed by atoms with Gasteiger partial charge < -0.3 is 15.5 Å². The Hall–Kier alpha value is -1.29. The Balaban J connectivity index is 1.94. The lowest BCUT2D eigenvalue weighted by Crippen LogP contribution is -2.29. The Bertz CT molecular complexity index is 367. The van der Waals surface area contributed by atoms with E-state index in [9.17, 15) is 0 Å². The van der Waals surface area contributed by atoms with Crippen molar-refractivity contribution in [1.82, 2.24) is 10.3 Å². The molecule has 0 saturated carbocycles. The minimum absolute atomic E-state index is 0.620. The number of rotatable bonds is 6. The molecule has 1 aliphatic rings. The second kappa shape index (κ2) is 6.59. The van der Waals surface area contributed by atoms with Crippen molar-refractivity contribution in [3.63, 3.8) is 0 Å². The molecule has 0 aliphatic carbocycles. The number of nitrogens with one attached hydrogen (secondary N) is 2. The second-order valence-corrected chi connectivity index (χ2v) is 4.90. The van der Waals surface area contributed by atoms with Crippen LogP contribution in [0.3, 0.4) is 0 Å². The average Bonchev–Trinajstić information content (AvgIpc) is 2.88. The molecule has 0 aromatic carbocycles. The average molecular weight is 248 g/mol. The van der Waals surface area contributed by atoms with Crippen molar-refractivity contribution in [3.05, 3.63) is 18.3 Å². The van der Waals surface area contributed by atoms with Gasteiger partial charge in [-0.05, 0) is 26.0 Å². The van der Waals surface area contributed by atoms with Crippen LogP contribution in [0.4, 0.5) is 11.5 Å². The van der Waals surface area contributed by atoms with Crippen LogP contribution in [0.2, 0.25) is 0 Å². The van der Waals surface area contributed by atoms with E-state index < -0.39 is 0 Å². The van der Waals surface area contributed by atoms with E-state index in [1.54, 1.807) is 0 Å². The fraction of sp³-hybridized carbons (Fsp3) is 0.643. The van der Waals surface area contributed by atoms with Gasteiger partial charge in [-0.1, -0.05) is 13.3 Å². The minimum Gasteiger partial charge on any atom is -0.370 e. The Labute approximate surface area is 110 Å². The number of hydrogen-bond donors (Lipinski definition) is 2. The number of hydrogen-bond acceptors (Lipinski definition) is 4. The molecular formula is C14H24N4. The van der Waals surface area contributed by atoms with E-state index >= 15 is 0 Å². The van der Waals surface area contributed by atoms with Crippen LogP contribution in [-0.4, -0.2) is 37.7 Å². The lowest BCUT2D eigenvalue weighted by Gasteiger charge is -2.19. The standard InChI is InChI=1S/C14H24N4/c1-3-4-7-16-14-10-13(5-8-17-14)18-9-6-12(11-18)15-2/h5,8,10,12,15H,3-4,6-7,9,11H2,1-2H3,(H,16,17)/t12-/m0/s1. The molecule has 0 bridgehead atoms. The maximum Gasteiger partial charge on any atom is 0.127 e. The summed E-state index contributed by atoms with van der Waals surface area (Å²) in [4.78, 5) is 6.79. The highest BCUT2D eigenvalue weighted by Crippen LogP contribution is 2.22. The highest BCUT2D eigenvalue weighted by Gasteiger charge is 2.21. The van der Waals surface area contributed by atoms with Crippen molar-refractivity contribution in [2.75, 3.05) is 36.9 Å². The first kappa shape index (κ1) is 13.1. The van der Waals surface area contributed by atoms with Crippen LogP contribution >= 0.6 is 0 Å². The Morgan fingerprint density at radius 1 is 1.50 bits per heavy atom. The van der Waals surface area contributed by atoms with Crippen molar-refractivity contribution >= 4 is 11.5 Å². The quantitative estimate of drug-likeness (QED) is 0.756. The number of likely N-dealkylation sites (N-methyl/N-ethyl adjacent to an activating group) is 1. The molecule has 0 unspecified atom stereocenters. The van der Waals surface area contributed by atoms with Gasteiger partial charge in [0.2, 0.25) is 0 Å². The Morgan fingerprint density at radius 3 is 3.11 bits per heavy atom. The summed E-state index contributed by atoms with van der Waals surface area (Å²) in [5, 5.41) is 6.73. The van der Waals surface area contributed by atoms with E-state index in [1.165, 1.54) is 24.9 Å². The van der Waals surface area contributed by atoms with Gasteiger partial charge in [0, 0.05) is 43.6 Å². The molecule has 4 heteroatoms. The third kappa shape index (κ3) is 3.35. The van der Waals surface area contributed by atoms with Gasteiger partial charge >= 0.3 is 0 Å². The molecule has 2 N–H and O–H groups in total. The molecule has 4 nitrogen and oxygen atoms in total. The monoisotopic (exact) mass is 248 g/mol. The van der Waals surface area contributed by atoms with E-state index in [2.05, 4.69) is 39.6 Å². The first-order valence-corrected chi connectivity index (χ1v) is 6.95. The zero-order valence-corrected chi connectivity index (χ0v) is 11.4. The molecule has 1 aliphatic heterocycles. The molecule has 0 spiro atoms. The van der Waals surface area contributed by atoms with Crippen LogP contribution in [0, 0.1) is 0 Å². The first-order chi connectivity index (χ1) is 8.83. The highest BCUT2D eigenvalue weighted by molar-refractivity contribution is 5.54. The van der Waals surface area contributed by atoms with Crippen LogP contribution in [0.1, 0.15) is 26.2 Å². The van der Waals surface area contributed by atoms with Gasteiger partial charge in [-0.25, -0.2) is 4.98 Å². The Morgan fingerprint density at radius 2 is 2.39 bits per heavy atom.